The van der Waals surface area contributed by atoms with Crippen LogP contribution in [-0.2, 0) is 27.9 Å². The number of aliphatic hydroxyl groups excluding tert-OH is 2. The zero-order valence-corrected chi connectivity index (χ0v) is 19.9. The number of fused-ring (bicyclic) bond motifs is 3. The van der Waals surface area contributed by atoms with Crippen molar-refractivity contribution in [2.75, 3.05) is 14.1 Å². The lowest BCUT2D eigenvalue weighted by atomic mass is 9.57. The molecule has 0 aliphatic heterocycles. The maximum atomic E-state index is 13.8. The van der Waals surface area contributed by atoms with Crippen molar-refractivity contribution in [3.8, 4) is 16.9 Å². The molecule has 1 heterocycles. The first-order valence-corrected chi connectivity index (χ1v) is 11.4. The monoisotopic (exact) mass is 494 g/mol. The summed E-state index contributed by atoms with van der Waals surface area (Å²) >= 11 is 0. The second-order valence-electron chi connectivity index (χ2n) is 9.85. The van der Waals surface area contributed by atoms with E-state index in [0.29, 0.717) is 11.1 Å². The van der Waals surface area contributed by atoms with Gasteiger partial charge in [-0.15, -0.1) is 0 Å². The zero-order chi connectivity index (χ0) is 26.3. The molecule has 1 fully saturated rings. The Labute approximate surface area is 205 Å². The molecule has 0 bridgehead atoms. The van der Waals surface area contributed by atoms with Crippen LogP contribution in [0.5, 0.6) is 5.75 Å². The molecule has 1 saturated carbocycles. The number of nitrogens with two attached hydrogens (primary N) is 1. The summed E-state index contributed by atoms with van der Waals surface area (Å²) in [5, 5.41) is 48.6. The van der Waals surface area contributed by atoms with Gasteiger partial charge in [-0.25, -0.2) is 0 Å². The van der Waals surface area contributed by atoms with Gasteiger partial charge in [-0.2, -0.15) is 5.10 Å². The molecule has 4 unspecified atom stereocenters. The molecule has 1 aromatic carbocycles. The van der Waals surface area contributed by atoms with Gasteiger partial charge in [0.2, 0.25) is 5.78 Å². The number of primary amides is 1. The van der Waals surface area contributed by atoms with Crippen molar-refractivity contribution < 1.29 is 34.8 Å². The molecule has 0 radical (unpaired) electrons. The summed E-state index contributed by atoms with van der Waals surface area (Å²) in [5.74, 6) is -6.71. The third-order valence-corrected chi connectivity index (χ3v) is 7.62. The van der Waals surface area contributed by atoms with Crippen molar-refractivity contribution in [2.45, 2.75) is 24.5 Å². The first kappa shape index (κ1) is 23.8. The van der Waals surface area contributed by atoms with E-state index in [2.05, 4.69) is 5.10 Å². The SMILES string of the molecule is CN(C)C1C(=O)C(C(N)=O)=C(O)C2(O)C(=O)C3=C(O)c4c(O)ccc(-c5cnn(C)c5)c4CC3CC12. The van der Waals surface area contributed by atoms with Gasteiger partial charge in [0.05, 0.1) is 17.8 Å². The quantitative estimate of drug-likeness (QED) is 0.377. The highest BCUT2D eigenvalue weighted by atomic mass is 16.3. The number of phenolic OH excluding ortho intramolecular Hbond substituents is 1. The van der Waals surface area contributed by atoms with Gasteiger partial charge in [0.1, 0.15) is 22.8 Å². The summed E-state index contributed by atoms with van der Waals surface area (Å²) in [7, 11) is 4.88. The number of rotatable bonds is 3. The predicted molar refractivity (Wildman–Crippen MR) is 126 cm³/mol. The molecule has 5 rings (SSSR count). The maximum Gasteiger partial charge on any atom is 0.255 e. The van der Waals surface area contributed by atoms with Crippen LogP contribution < -0.4 is 5.73 Å². The molecule has 0 spiro atoms. The van der Waals surface area contributed by atoms with Crippen molar-refractivity contribution in [2.24, 2.45) is 24.6 Å². The molecule has 3 aliphatic carbocycles. The molecule has 2 aromatic rings. The molecule has 4 atom stereocenters. The maximum absolute atomic E-state index is 13.8. The molecular weight excluding hydrogens is 468 g/mol. The minimum atomic E-state index is -2.65. The minimum Gasteiger partial charge on any atom is -0.508 e. The second kappa shape index (κ2) is 7.77. The van der Waals surface area contributed by atoms with Gasteiger partial charge in [0.25, 0.3) is 5.91 Å². The number of hydrogen-bond acceptors (Lipinski definition) is 9. The summed E-state index contributed by atoms with van der Waals surface area (Å²) in [6.07, 6.45) is 3.68. The number of aryl methyl sites for hydroxylation is 1. The normalized spacial score (nSPS) is 27.8. The number of nitrogens with zero attached hydrogens (tertiary/aromatic N) is 3. The van der Waals surface area contributed by atoms with Crippen LogP contribution in [0.4, 0.5) is 0 Å². The van der Waals surface area contributed by atoms with E-state index in [1.165, 1.54) is 11.0 Å². The fourth-order valence-corrected chi connectivity index (χ4v) is 6.07. The number of aliphatic hydroxyl groups is 3. The molecule has 11 nitrogen and oxygen atoms in total. The molecule has 6 N–H and O–H groups in total. The van der Waals surface area contributed by atoms with Crippen LogP contribution in [0.1, 0.15) is 17.5 Å². The molecule has 36 heavy (non-hydrogen) atoms. The van der Waals surface area contributed by atoms with Crippen molar-refractivity contribution >= 4 is 23.2 Å². The molecular formula is C25H26N4O7. The summed E-state index contributed by atoms with van der Waals surface area (Å²) in [5.41, 5.74) is 3.76. The Morgan fingerprint density at radius 1 is 1.22 bits per heavy atom. The van der Waals surface area contributed by atoms with E-state index in [0.717, 1.165) is 5.56 Å². The largest absolute Gasteiger partial charge is 0.508 e. The molecule has 188 valence electrons. The Hall–Kier alpha value is -3.96. The average Bonchev–Trinajstić information content (AvgIpc) is 3.22. The number of carbonyl (C=O) groups is 3. The van der Waals surface area contributed by atoms with E-state index >= 15 is 0 Å². The number of aromatic nitrogens is 2. The second-order valence-corrected chi connectivity index (χ2v) is 9.85. The standard InChI is InChI=1S/C25H26N4O7/c1-28(2)19-14-7-10-6-13-12(11-8-27-29(3)9-11)4-5-15(30)17(13)20(31)16(10)22(33)25(14,36)23(34)18(21(19)32)24(26)35/h4-5,8-10,14,19,30-31,34,36H,6-7H2,1-3H3,(H2,26,35). The highest BCUT2D eigenvalue weighted by Crippen LogP contribution is 2.53. The van der Waals surface area contributed by atoms with Crippen molar-refractivity contribution in [1.29, 1.82) is 0 Å². The lowest BCUT2D eigenvalue weighted by molar-refractivity contribution is -0.153. The van der Waals surface area contributed by atoms with Crippen LogP contribution in [-0.4, -0.2) is 78.3 Å². The first-order chi connectivity index (χ1) is 16.9. The number of benzene rings is 1. The van der Waals surface area contributed by atoms with Crippen LogP contribution in [0.3, 0.4) is 0 Å². The Bertz CT molecular complexity index is 1420. The number of likely N-dealkylation sites (N-methyl/N-ethyl adjacent to an activating group) is 1. The Balaban J connectivity index is 1.75. The van der Waals surface area contributed by atoms with E-state index < -0.39 is 58.0 Å². The lowest BCUT2D eigenvalue weighted by Gasteiger charge is -2.50. The van der Waals surface area contributed by atoms with Crippen molar-refractivity contribution in [3.05, 3.63) is 52.6 Å². The van der Waals surface area contributed by atoms with Crippen molar-refractivity contribution in [1.82, 2.24) is 14.7 Å². The van der Waals surface area contributed by atoms with Gasteiger partial charge in [-0.3, -0.25) is 24.0 Å². The van der Waals surface area contributed by atoms with Crippen LogP contribution in [0.25, 0.3) is 16.9 Å². The average molecular weight is 495 g/mol. The summed E-state index contributed by atoms with van der Waals surface area (Å²) in [6, 6.07) is 1.97. The van der Waals surface area contributed by atoms with Crippen LogP contribution >= 0.6 is 0 Å². The minimum absolute atomic E-state index is 0.0356. The van der Waals surface area contributed by atoms with Crippen LogP contribution in [0, 0.1) is 11.8 Å². The smallest absolute Gasteiger partial charge is 0.255 e. The predicted octanol–water partition coefficient (Wildman–Crippen LogP) is 0.365. The van der Waals surface area contributed by atoms with E-state index in [-0.39, 0.29) is 29.7 Å². The van der Waals surface area contributed by atoms with Gasteiger partial charge >= 0.3 is 0 Å². The highest BCUT2D eigenvalue weighted by Gasteiger charge is 2.64. The Morgan fingerprint density at radius 3 is 2.50 bits per heavy atom. The van der Waals surface area contributed by atoms with E-state index in [1.54, 1.807) is 44.3 Å². The van der Waals surface area contributed by atoms with Crippen molar-refractivity contribution in [3.63, 3.8) is 0 Å². The van der Waals surface area contributed by atoms with E-state index in [9.17, 15) is 34.8 Å². The number of phenols is 1. The Morgan fingerprint density at radius 2 is 1.92 bits per heavy atom. The third kappa shape index (κ3) is 2.99. The number of hydrogen-bond donors (Lipinski definition) is 5. The zero-order valence-electron chi connectivity index (χ0n) is 19.9. The van der Waals surface area contributed by atoms with E-state index in [1.807, 2.05) is 0 Å². The first-order valence-electron chi connectivity index (χ1n) is 11.4. The topological polar surface area (TPSA) is 179 Å². The third-order valence-electron chi connectivity index (χ3n) is 7.62. The number of carbonyl (C=O) groups excluding carboxylic acids is 3. The van der Waals surface area contributed by atoms with Gasteiger partial charge in [0.15, 0.2) is 11.4 Å². The van der Waals surface area contributed by atoms with Gasteiger partial charge in [-0.05, 0) is 50.0 Å². The summed E-state index contributed by atoms with van der Waals surface area (Å²) in [6.45, 7) is 0. The summed E-state index contributed by atoms with van der Waals surface area (Å²) in [4.78, 5) is 40.5. The molecule has 11 heteroatoms. The highest BCUT2D eigenvalue weighted by molar-refractivity contribution is 6.24. The number of amides is 1. The fourth-order valence-electron chi connectivity index (χ4n) is 6.07. The fraction of sp³-hybridized carbons (Fsp3) is 0.360. The molecule has 1 amide bonds. The number of aromatic hydroxyl groups is 1. The molecule has 0 saturated heterocycles. The van der Waals surface area contributed by atoms with Gasteiger partial charge in [-0.1, -0.05) is 6.07 Å². The number of ketones is 2. The van der Waals surface area contributed by atoms with Crippen LogP contribution in [0.2, 0.25) is 0 Å². The summed E-state index contributed by atoms with van der Waals surface area (Å²) < 4.78 is 1.61. The lowest BCUT2D eigenvalue weighted by Crippen LogP contribution is -2.65. The Kier molecular flexibility index (Phi) is 5.13. The van der Waals surface area contributed by atoms with E-state index in [4.69, 9.17) is 5.73 Å². The molecule has 3 aliphatic rings. The number of Topliss-reactive ketones (excluding diaryl/α,β-unsaturated/α-hetero) is 2. The van der Waals surface area contributed by atoms with Gasteiger partial charge < -0.3 is 26.2 Å². The molecule has 1 aromatic heterocycles. The van der Waals surface area contributed by atoms with Gasteiger partial charge in [0, 0.05) is 30.3 Å². The van der Waals surface area contributed by atoms with Crippen LogP contribution in [0.15, 0.2) is 41.4 Å².